The molecule has 8 nitrogen and oxygen atoms in total. The average Bonchev–Trinajstić information content (AvgIpc) is 3.32. The molecule has 25 heavy (non-hydrogen) atoms. The maximum absolute atomic E-state index is 11.3. The largest absolute Gasteiger partial charge is 0.379 e. The number of amidine groups is 2. The van der Waals surface area contributed by atoms with E-state index < -0.39 is 11.9 Å². The molecule has 4 N–H and O–H groups in total. The van der Waals surface area contributed by atoms with Crippen LogP contribution in [0.15, 0.2) is 46.1 Å². The van der Waals surface area contributed by atoms with Gasteiger partial charge in [0.05, 0.1) is 18.3 Å². The third-order valence-corrected chi connectivity index (χ3v) is 4.17. The summed E-state index contributed by atoms with van der Waals surface area (Å²) in [6.07, 6.45) is 4.14. The molecule has 1 aromatic rings. The molecule has 0 radical (unpaired) electrons. The van der Waals surface area contributed by atoms with E-state index in [1.54, 1.807) is 23.2 Å². The van der Waals surface area contributed by atoms with Crippen LogP contribution in [-0.2, 0) is 0 Å². The Kier molecular flexibility index (Phi) is 3.61. The minimum atomic E-state index is -0.487. The summed E-state index contributed by atoms with van der Waals surface area (Å²) in [5.41, 5.74) is 7.31. The van der Waals surface area contributed by atoms with Gasteiger partial charge in [0.2, 0.25) is 5.91 Å². The summed E-state index contributed by atoms with van der Waals surface area (Å²) in [4.78, 5) is 15.8. The number of primary amides is 1. The number of nitrogens with one attached hydrogen (secondary N) is 2. The number of nitrogens with two attached hydrogens (primary N) is 1. The van der Waals surface area contributed by atoms with Crippen LogP contribution in [-0.4, -0.2) is 41.2 Å². The first-order valence-electron chi connectivity index (χ1n) is 8.11. The van der Waals surface area contributed by atoms with Crippen molar-refractivity contribution < 1.29 is 4.79 Å². The van der Waals surface area contributed by atoms with E-state index in [1.165, 1.54) is 0 Å². The summed E-state index contributed by atoms with van der Waals surface area (Å²) < 4.78 is 0. The maximum atomic E-state index is 11.3. The lowest BCUT2D eigenvalue weighted by molar-refractivity contribution is 0.100. The number of hydrazone groups is 1. The molecule has 1 fully saturated rings. The van der Waals surface area contributed by atoms with Crippen molar-refractivity contribution in [2.24, 2.45) is 15.8 Å². The van der Waals surface area contributed by atoms with Gasteiger partial charge in [-0.2, -0.15) is 10.4 Å². The maximum Gasteiger partial charge on any atom is 0.248 e. The van der Waals surface area contributed by atoms with Crippen molar-refractivity contribution in [2.75, 3.05) is 11.9 Å². The molecule has 2 aliphatic heterocycles. The molecule has 0 spiro atoms. The van der Waals surface area contributed by atoms with Gasteiger partial charge in [-0.15, -0.1) is 0 Å². The van der Waals surface area contributed by atoms with Crippen molar-refractivity contribution in [3.8, 4) is 6.07 Å². The van der Waals surface area contributed by atoms with Gasteiger partial charge in [-0.05, 0) is 31.0 Å². The number of carbonyl (C=O) groups is 1. The van der Waals surface area contributed by atoms with Gasteiger partial charge < -0.3 is 16.4 Å². The molecule has 3 aliphatic rings. The summed E-state index contributed by atoms with van der Waals surface area (Å²) in [5.74, 6) is 0.792. The van der Waals surface area contributed by atoms with E-state index in [4.69, 9.17) is 5.73 Å². The van der Waals surface area contributed by atoms with E-state index in [-0.39, 0.29) is 0 Å². The summed E-state index contributed by atoms with van der Waals surface area (Å²) in [7, 11) is 0. The third-order valence-electron chi connectivity index (χ3n) is 4.17. The molecule has 0 aromatic heterocycles. The van der Waals surface area contributed by atoms with Crippen molar-refractivity contribution in [3.05, 3.63) is 41.6 Å². The first-order chi connectivity index (χ1) is 12.1. The highest BCUT2D eigenvalue weighted by Gasteiger charge is 2.35. The average molecular weight is 335 g/mol. The van der Waals surface area contributed by atoms with Crippen LogP contribution in [0.25, 0.3) is 0 Å². The van der Waals surface area contributed by atoms with E-state index in [1.807, 2.05) is 12.1 Å². The SMILES string of the molecule is N#CC1CN=C2C(NC3CC3)=CC(Nc3cccc(C(N)=O)c3)=NN21. The number of hydrogen-bond donors (Lipinski definition) is 3. The molecule has 1 aromatic carbocycles. The van der Waals surface area contributed by atoms with Crippen LogP contribution in [0.2, 0.25) is 0 Å². The van der Waals surface area contributed by atoms with Crippen LogP contribution in [0.5, 0.6) is 0 Å². The predicted molar refractivity (Wildman–Crippen MR) is 93.8 cm³/mol. The van der Waals surface area contributed by atoms with Crippen molar-refractivity contribution in [3.63, 3.8) is 0 Å². The number of fused-ring (bicyclic) bond motifs is 1. The standard InChI is InChI=1S/C17H17N7O/c18-8-13-9-20-17-14(21-11-4-5-11)7-15(23-24(13)17)22-12-3-1-2-10(6-12)16(19)25/h1-3,6-7,11,13,21H,4-5,9H2,(H2,19,25)(H,22,23). The van der Waals surface area contributed by atoms with Crippen LogP contribution in [0.1, 0.15) is 23.2 Å². The van der Waals surface area contributed by atoms with E-state index in [2.05, 4.69) is 26.8 Å². The first kappa shape index (κ1) is 15.2. The van der Waals surface area contributed by atoms with E-state index >= 15 is 0 Å². The van der Waals surface area contributed by atoms with E-state index in [0.717, 1.165) is 18.5 Å². The highest BCUT2D eigenvalue weighted by atomic mass is 16.1. The Bertz CT molecular complexity index is 860. The Morgan fingerprint density at radius 1 is 1.40 bits per heavy atom. The number of nitriles is 1. The molecular weight excluding hydrogens is 318 g/mol. The highest BCUT2D eigenvalue weighted by Crippen LogP contribution is 2.25. The number of benzene rings is 1. The molecule has 1 atom stereocenters. The molecule has 2 heterocycles. The third kappa shape index (κ3) is 3.04. The van der Waals surface area contributed by atoms with Crippen molar-refractivity contribution in [1.82, 2.24) is 10.3 Å². The van der Waals surface area contributed by atoms with Gasteiger partial charge in [-0.25, -0.2) is 5.01 Å². The minimum absolute atomic E-state index is 0.406. The van der Waals surface area contributed by atoms with Crippen LogP contribution >= 0.6 is 0 Å². The second-order valence-corrected chi connectivity index (χ2v) is 6.19. The summed E-state index contributed by atoms with van der Waals surface area (Å²) in [6.45, 7) is 0.406. The Morgan fingerprint density at radius 2 is 2.24 bits per heavy atom. The van der Waals surface area contributed by atoms with Crippen LogP contribution < -0.4 is 16.4 Å². The lowest BCUT2D eigenvalue weighted by Crippen LogP contribution is -2.40. The molecule has 1 amide bonds. The van der Waals surface area contributed by atoms with Gasteiger partial charge >= 0.3 is 0 Å². The number of aliphatic imine (C=N–C) groups is 1. The second-order valence-electron chi connectivity index (χ2n) is 6.19. The van der Waals surface area contributed by atoms with E-state index in [0.29, 0.717) is 35.5 Å². The van der Waals surface area contributed by atoms with Gasteiger partial charge in [0.15, 0.2) is 17.7 Å². The van der Waals surface area contributed by atoms with Gasteiger partial charge in [-0.1, -0.05) is 6.07 Å². The zero-order valence-electron chi connectivity index (χ0n) is 13.4. The van der Waals surface area contributed by atoms with Gasteiger partial charge in [0.1, 0.15) is 0 Å². The Balaban J connectivity index is 1.62. The monoisotopic (exact) mass is 335 g/mol. The molecule has 1 saturated carbocycles. The smallest absolute Gasteiger partial charge is 0.248 e. The van der Waals surface area contributed by atoms with Crippen LogP contribution in [0, 0.1) is 11.3 Å². The lowest BCUT2D eigenvalue weighted by atomic mass is 10.2. The topological polar surface area (TPSA) is 119 Å². The van der Waals surface area contributed by atoms with Crippen LogP contribution in [0.3, 0.4) is 0 Å². The molecule has 1 unspecified atom stereocenters. The molecule has 126 valence electrons. The van der Waals surface area contributed by atoms with Crippen molar-refractivity contribution in [2.45, 2.75) is 24.9 Å². The normalized spacial score (nSPS) is 21.5. The van der Waals surface area contributed by atoms with Gasteiger partial charge in [0.25, 0.3) is 0 Å². The second kappa shape index (κ2) is 5.94. The lowest BCUT2D eigenvalue weighted by Gasteiger charge is -2.26. The number of rotatable bonds is 4. The Hall–Kier alpha value is -3.34. The number of carbonyl (C=O) groups excluding carboxylic acids is 1. The quantitative estimate of drug-likeness (QED) is 0.751. The zero-order chi connectivity index (χ0) is 17.4. The number of amides is 1. The molecule has 4 rings (SSSR count). The number of anilines is 1. The minimum Gasteiger partial charge on any atom is -0.379 e. The molecular formula is C17H17N7O. The molecule has 1 aliphatic carbocycles. The van der Waals surface area contributed by atoms with Crippen LogP contribution in [0.4, 0.5) is 5.69 Å². The Labute approximate surface area is 144 Å². The summed E-state index contributed by atoms with van der Waals surface area (Å²) in [5, 5.41) is 22.1. The van der Waals surface area contributed by atoms with Gasteiger partial charge in [-0.3, -0.25) is 9.79 Å². The van der Waals surface area contributed by atoms with E-state index in [9.17, 15) is 10.1 Å². The summed E-state index contributed by atoms with van der Waals surface area (Å²) in [6, 6.07) is 9.17. The molecule has 0 saturated heterocycles. The zero-order valence-corrected chi connectivity index (χ0v) is 13.4. The molecule has 0 bridgehead atoms. The van der Waals surface area contributed by atoms with Gasteiger partial charge in [0, 0.05) is 23.4 Å². The number of hydrogen-bond acceptors (Lipinski definition) is 7. The fourth-order valence-corrected chi connectivity index (χ4v) is 2.75. The molecule has 8 heteroatoms. The highest BCUT2D eigenvalue weighted by molar-refractivity contribution is 6.13. The summed E-state index contributed by atoms with van der Waals surface area (Å²) >= 11 is 0. The first-order valence-corrected chi connectivity index (χ1v) is 8.11. The predicted octanol–water partition coefficient (Wildman–Crippen LogP) is 0.767. The fourth-order valence-electron chi connectivity index (χ4n) is 2.75. The van der Waals surface area contributed by atoms with Crippen molar-refractivity contribution in [1.29, 1.82) is 5.26 Å². The fraction of sp³-hybridized carbons (Fsp3) is 0.294. The van der Waals surface area contributed by atoms with Crippen molar-refractivity contribution >= 4 is 23.3 Å². The number of nitrogens with zero attached hydrogens (tertiary/aromatic N) is 4. The Morgan fingerprint density at radius 3 is 2.96 bits per heavy atom.